The largest absolute Gasteiger partial charge is 0.379 e. The summed E-state index contributed by atoms with van der Waals surface area (Å²) in [7, 11) is 0. The van der Waals surface area contributed by atoms with Crippen LogP contribution in [0, 0.1) is 0 Å². The number of nitrogens with one attached hydrogen (secondary N) is 1. The molecule has 0 spiro atoms. The van der Waals surface area contributed by atoms with Crippen molar-refractivity contribution in [2.45, 2.75) is 39.2 Å². The third kappa shape index (κ3) is 3.00. The molecule has 1 aromatic rings. The van der Waals surface area contributed by atoms with Gasteiger partial charge in [0.2, 0.25) is 0 Å². The van der Waals surface area contributed by atoms with Crippen molar-refractivity contribution in [1.29, 1.82) is 0 Å². The number of hydrogen-bond donors (Lipinski definition) is 1. The highest BCUT2D eigenvalue weighted by molar-refractivity contribution is 5.56. The molecule has 0 amide bonds. The highest BCUT2D eigenvalue weighted by atomic mass is 14.9. The molecular weight excluding hydrogens is 206 g/mol. The van der Waals surface area contributed by atoms with Gasteiger partial charge in [-0.15, -0.1) is 0 Å². The lowest BCUT2D eigenvalue weighted by atomic mass is 9.98. The molecule has 1 nitrogen and oxygen atoms in total. The van der Waals surface area contributed by atoms with Gasteiger partial charge < -0.3 is 5.32 Å². The van der Waals surface area contributed by atoms with E-state index in [1.165, 1.54) is 16.8 Å². The molecule has 0 radical (unpaired) electrons. The Hall–Kier alpha value is -1.50. The molecule has 90 valence electrons. The van der Waals surface area contributed by atoms with Crippen LogP contribution < -0.4 is 5.32 Å². The Labute approximate surface area is 104 Å². The molecule has 1 aliphatic heterocycles. The summed E-state index contributed by atoms with van der Waals surface area (Å²) in [5.41, 5.74) is 4.05. The fourth-order valence-corrected chi connectivity index (χ4v) is 2.06. The first-order chi connectivity index (χ1) is 8.16. The van der Waals surface area contributed by atoms with Gasteiger partial charge in [0.15, 0.2) is 0 Å². The first kappa shape index (κ1) is 12.0. The third-order valence-corrected chi connectivity index (χ3v) is 3.17. The van der Waals surface area contributed by atoms with E-state index in [1.807, 2.05) is 0 Å². The monoisotopic (exact) mass is 227 g/mol. The van der Waals surface area contributed by atoms with Crippen LogP contribution in [-0.4, -0.2) is 6.04 Å². The van der Waals surface area contributed by atoms with Gasteiger partial charge in [-0.05, 0) is 36.5 Å². The SMILES string of the molecule is CC1/C=C\C=C/Cc2ccc(C(C)C)cc2N1. The minimum atomic E-state index is 0.374. The Morgan fingerprint density at radius 2 is 2.06 bits per heavy atom. The average molecular weight is 227 g/mol. The van der Waals surface area contributed by atoms with E-state index in [4.69, 9.17) is 0 Å². The third-order valence-electron chi connectivity index (χ3n) is 3.17. The quantitative estimate of drug-likeness (QED) is 0.755. The van der Waals surface area contributed by atoms with E-state index < -0.39 is 0 Å². The molecule has 0 fully saturated rings. The van der Waals surface area contributed by atoms with Gasteiger partial charge in [-0.25, -0.2) is 0 Å². The van der Waals surface area contributed by atoms with Gasteiger partial charge in [0.1, 0.15) is 0 Å². The summed E-state index contributed by atoms with van der Waals surface area (Å²) < 4.78 is 0. The van der Waals surface area contributed by atoms with Crippen molar-refractivity contribution >= 4 is 5.69 Å². The molecular formula is C16H21N. The molecule has 1 heterocycles. The summed E-state index contributed by atoms with van der Waals surface area (Å²) in [6.45, 7) is 6.65. The van der Waals surface area contributed by atoms with E-state index in [0.29, 0.717) is 12.0 Å². The molecule has 0 aromatic heterocycles. The Kier molecular flexibility index (Phi) is 3.68. The fourth-order valence-electron chi connectivity index (χ4n) is 2.06. The molecule has 0 aliphatic carbocycles. The Morgan fingerprint density at radius 3 is 2.82 bits per heavy atom. The second kappa shape index (κ2) is 5.22. The van der Waals surface area contributed by atoms with Crippen molar-refractivity contribution in [2.24, 2.45) is 0 Å². The van der Waals surface area contributed by atoms with Crippen LogP contribution in [0.5, 0.6) is 0 Å². The van der Waals surface area contributed by atoms with Gasteiger partial charge in [0, 0.05) is 11.7 Å². The van der Waals surface area contributed by atoms with Gasteiger partial charge in [-0.3, -0.25) is 0 Å². The second-order valence-corrected chi connectivity index (χ2v) is 5.02. The summed E-state index contributed by atoms with van der Waals surface area (Å²) in [6.07, 6.45) is 9.64. The van der Waals surface area contributed by atoms with Crippen molar-refractivity contribution in [3.63, 3.8) is 0 Å². The van der Waals surface area contributed by atoms with E-state index in [2.05, 4.69) is 68.6 Å². The van der Waals surface area contributed by atoms with E-state index in [1.54, 1.807) is 0 Å². The van der Waals surface area contributed by atoms with Crippen LogP contribution in [0.2, 0.25) is 0 Å². The number of benzene rings is 1. The van der Waals surface area contributed by atoms with Crippen LogP contribution >= 0.6 is 0 Å². The summed E-state index contributed by atoms with van der Waals surface area (Å²) in [5, 5.41) is 3.57. The van der Waals surface area contributed by atoms with E-state index in [-0.39, 0.29) is 0 Å². The first-order valence-electron chi connectivity index (χ1n) is 6.39. The molecule has 0 bridgehead atoms. The minimum absolute atomic E-state index is 0.374. The first-order valence-corrected chi connectivity index (χ1v) is 6.39. The molecule has 1 N–H and O–H groups in total. The van der Waals surface area contributed by atoms with Crippen LogP contribution in [0.15, 0.2) is 42.5 Å². The molecule has 0 saturated heterocycles. The van der Waals surface area contributed by atoms with Gasteiger partial charge in [0.05, 0.1) is 0 Å². The lowest BCUT2D eigenvalue weighted by molar-refractivity contribution is 0.864. The molecule has 0 saturated carbocycles. The molecule has 1 atom stereocenters. The minimum Gasteiger partial charge on any atom is -0.379 e. The van der Waals surface area contributed by atoms with Crippen LogP contribution in [-0.2, 0) is 6.42 Å². The van der Waals surface area contributed by atoms with Crippen molar-refractivity contribution < 1.29 is 0 Å². The molecule has 1 unspecified atom stereocenters. The van der Waals surface area contributed by atoms with Crippen LogP contribution in [0.3, 0.4) is 0 Å². The number of rotatable bonds is 1. The summed E-state index contributed by atoms with van der Waals surface area (Å²) >= 11 is 0. The van der Waals surface area contributed by atoms with Crippen molar-refractivity contribution in [3.05, 3.63) is 53.6 Å². The predicted molar refractivity (Wildman–Crippen MR) is 75.6 cm³/mol. The van der Waals surface area contributed by atoms with Crippen molar-refractivity contribution in [2.75, 3.05) is 5.32 Å². The average Bonchev–Trinajstić information content (AvgIpc) is 2.37. The van der Waals surface area contributed by atoms with Gasteiger partial charge in [0.25, 0.3) is 0 Å². The van der Waals surface area contributed by atoms with Gasteiger partial charge in [-0.1, -0.05) is 50.3 Å². The van der Waals surface area contributed by atoms with E-state index >= 15 is 0 Å². The molecule has 1 heteroatoms. The summed E-state index contributed by atoms with van der Waals surface area (Å²) in [5.74, 6) is 0.580. The van der Waals surface area contributed by atoms with Crippen LogP contribution in [0.1, 0.15) is 37.8 Å². The number of anilines is 1. The smallest absolute Gasteiger partial charge is 0.0419 e. The standard InChI is InChI=1S/C16H21N/c1-12(2)15-10-9-14-8-6-4-5-7-13(3)17-16(14)11-15/h4-7,9-13,17H,8H2,1-3H3/b6-4-,7-5-. The zero-order valence-electron chi connectivity index (χ0n) is 10.9. The number of hydrogen-bond acceptors (Lipinski definition) is 1. The van der Waals surface area contributed by atoms with Crippen molar-refractivity contribution in [3.8, 4) is 0 Å². The normalized spacial score (nSPS) is 22.9. The Morgan fingerprint density at radius 1 is 1.24 bits per heavy atom. The highest BCUT2D eigenvalue weighted by Gasteiger charge is 2.07. The van der Waals surface area contributed by atoms with Crippen molar-refractivity contribution in [1.82, 2.24) is 0 Å². The topological polar surface area (TPSA) is 12.0 Å². The maximum atomic E-state index is 3.57. The highest BCUT2D eigenvalue weighted by Crippen LogP contribution is 2.24. The molecule has 1 aliphatic rings. The maximum absolute atomic E-state index is 3.57. The fraction of sp³-hybridized carbons (Fsp3) is 0.375. The lowest BCUT2D eigenvalue weighted by Gasteiger charge is -2.17. The van der Waals surface area contributed by atoms with E-state index in [9.17, 15) is 0 Å². The summed E-state index contributed by atoms with van der Waals surface area (Å²) in [4.78, 5) is 0. The molecule has 2 rings (SSSR count). The summed E-state index contributed by atoms with van der Waals surface area (Å²) in [6, 6.07) is 7.16. The second-order valence-electron chi connectivity index (χ2n) is 5.02. The number of allylic oxidation sites excluding steroid dienone is 3. The maximum Gasteiger partial charge on any atom is 0.0419 e. The molecule has 17 heavy (non-hydrogen) atoms. The Bertz CT molecular complexity index is 441. The van der Waals surface area contributed by atoms with Gasteiger partial charge in [-0.2, -0.15) is 0 Å². The lowest BCUT2D eigenvalue weighted by Crippen LogP contribution is -2.13. The predicted octanol–water partition coefficient (Wildman–Crippen LogP) is 4.28. The number of fused-ring (bicyclic) bond motifs is 1. The Balaban J connectivity index is 2.37. The van der Waals surface area contributed by atoms with E-state index in [0.717, 1.165) is 6.42 Å². The van der Waals surface area contributed by atoms with Crippen LogP contribution in [0.4, 0.5) is 5.69 Å². The molecule has 1 aromatic carbocycles. The van der Waals surface area contributed by atoms with Gasteiger partial charge >= 0.3 is 0 Å². The van der Waals surface area contributed by atoms with Crippen LogP contribution in [0.25, 0.3) is 0 Å². The zero-order chi connectivity index (χ0) is 12.3. The zero-order valence-corrected chi connectivity index (χ0v) is 10.9.